The van der Waals surface area contributed by atoms with E-state index >= 15 is 0 Å². The summed E-state index contributed by atoms with van der Waals surface area (Å²) < 4.78 is 16.4. The zero-order valence-electron chi connectivity index (χ0n) is 11.4. The molecule has 0 radical (unpaired) electrons. The minimum absolute atomic E-state index is 0.0197. The lowest BCUT2D eigenvalue weighted by molar-refractivity contribution is -0.152. The van der Waals surface area contributed by atoms with Gasteiger partial charge in [-0.15, -0.1) is 6.58 Å². The van der Waals surface area contributed by atoms with E-state index < -0.39 is 0 Å². The smallest absolute Gasteiger partial charge is 0.147 e. The number of hydrogen-bond donors (Lipinski definition) is 0. The summed E-state index contributed by atoms with van der Waals surface area (Å²) in [6.45, 7) is 9.09. The van der Waals surface area contributed by atoms with Crippen LogP contribution in [-0.2, 0) is 19.0 Å². The number of aldehydes is 1. The second kappa shape index (κ2) is 7.67. The quantitative estimate of drug-likeness (QED) is 0.494. The van der Waals surface area contributed by atoms with E-state index in [1.54, 1.807) is 6.08 Å². The molecule has 1 aliphatic heterocycles. The minimum atomic E-state index is -0.364. The first-order chi connectivity index (χ1) is 8.57. The highest BCUT2D eigenvalue weighted by atomic mass is 16.7. The Morgan fingerprint density at radius 2 is 2.33 bits per heavy atom. The lowest BCUT2D eigenvalue weighted by atomic mass is 9.86. The Morgan fingerprint density at radius 1 is 1.56 bits per heavy atom. The average Bonchev–Trinajstić information content (AvgIpc) is 2.37. The van der Waals surface area contributed by atoms with Crippen molar-refractivity contribution in [3.63, 3.8) is 0 Å². The molecule has 1 fully saturated rings. The van der Waals surface area contributed by atoms with Gasteiger partial charge in [0, 0.05) is 11.8 Å². The maximum Gasteiger partial charge on any atom is 0.147 e. The fraction of sp³-hybridized carbons (Fsp3) is 0.786. The third-order valence-electron chi connectivity index (χ3n) is 3.02. The van der Waals surface area contributed by atoms with Crippen molar-refractivity contribution >= 4 is 6.29 Å². The molecule has 1 aliphatic rings. The minimum Gasteiger partial charge on any atom is -0.374 e. The molecule has 4 nitrogen and oxygen atoms in total. The molecule has 2 atom stereocenters. The molecule has 0 aliphatic carbocycles. The Kier molecular flexibility index (Phi) is 6.54. The van der Waals surface area contributed by atoms with E-state index in [1.165, 1.54) is 0 Å². The molecule has 1 heterocycles. The predicted octanol–water partition coefficient (Wildman–Crippen LogP) is 2.33. The van der Waals surface area contributed by atoms with E-state index in [2.05, 4.69) is 6.58 Å². The van der Waals surface area contributed by atoms with Gasteiger partial charge >= 0.3 is 0 Å². The fourth-order valence-corrected chi connectivity index (χ4v) is 2.03. The van der Waals surface area contributed by atoms with Crippen molar-refractivity contribution in [3.8, 4) is 0 Å². The molecule has 0 aromatic carbocycles. The van der Waals surface area contributed by atoms with Crippen molar-refractivity contribution in [1.82, 2.24) is 0 Å². The lowest BCUT2D eigenvalue weighted by Crippen LogP contribution is -2.32. The van der Waals surface area contributed by atoms with E-state index in [-0.39, 0.29) is 17.6 Å². The van der Waals surface area contributed by atoms with Gasteiger partial charge in [0.15, 0.2) is 0 Å². The third-order valence-corrected chi connectivity index (χ3v) is 3.02. The van der Waals surface area contributed by atoms with Gasteiger partial charge in [-0.25, -0.2) is 0 Å². The number of hydrogen-bond acceptors (Lipinski definition) is 4. The highest BCUT2D eigenvalue weighted by molar-refractivity contribution is 5.57. The first-order valence-electron chi connectivity index (χ1n) is 6.45. The molecular weight excluding hydrogens is 232 g/mol. The standard InChI is InChI=1S/C14H24O4/c1-4-6-17-13(9-14(2,3)10-15)8-12-5-7-16-11-18-12/h4,10,12-13H,1,5-9,11H2,2-3H3/t12-,13?/m1/s1. The van der Waals surface area contributed by atoms with Gasteiger partial charge in [-0.05, 0) is 12.8 Å². The second-order valence-electron chi connectivity index (χ2n) is 5.39. The Bertz CT molecular complexity index is 257. The summed E-state index contributed by atoms with van der Waals surface area (Å²) >= 11 is 0. The van der Waals surface area contributed by atoms with E-state index in [1.807, 2.05) is 13.8 Å². The monoisotopic (exact) mass is 256 g/mol. The molecule has 0 saturated carbocycles. The molecule has 104 valence electrons. The number of carbonyl (C=O) groups is 1. The summed E-state index contributed by atoms with van der Waals surface area (Å²) in [5.41, 5.74) is -0.364. The van der Waals surface area contributed by atoms with Gasteiger partial charge in [-0.3, -0.25) is 0 Å². The first-order valence-corrected chi connectivity index (χ1v) is 6.45. The van der Waals surface area contributed by atoms with E-state index in [4.69, 9.17) is 14.2 Å². The van der Waals surface area contributed by atoms with Gasteiger partial charge in [-0.1, -0.05) is 19.9 Å². The fourth-order valence-electron chi connectivity index (χ4n) is 2.03. The SMILES string of the molecule is C=CCOC(C[C@H]1CCOCO1)CC(C)(C)C=O. The Labute approximate surface area is 109 Å². The van der Waals surface area contributed by atoms with Crippen LogP contribution in [0.25, 0.3) is 0 Å². The Hall–Kier alpha value is -0.710. The predicted molar refractivity (Wildman–Crippen MR) is 69.3 cm³/mol. The van der Waals surface area contributed by atoms with Crippen LogP contribution >= 0.6 is 0 Å². The summed E-state index contributed by atoms with van der Waals surface area (Å²) in [6.07, 6.45) is 5.28. The van der Waals surface area contributed by atoms with Crippen molar-refractivity contribution in [2.75, 3.05) is 20.0 Å². The Balaban J connectivity index is 2.47. The van der Waals surface area contributed by atoms with Crippen LogP contribution in [0.1, 0.15) is 33.1 Å². The van der Waals surface area contributed by atoms with Crippen molar-refractivity contribution in [2.24, 2.45) is 5.41 Å². The molecule has 0 aromatic heterocycles. The van der Waals surface area contributed by atoms with E-state index in [0.717, 1.165) is 25.7 Å². The summed E-state index contributed by atoms with van der Waals surface area (Å²) in [5, 5.41) is 0. The van der Waals surface area contributed by atoms with Gasteiger partial charge in [0.05, 0.1) is 25.4 Å². The third kappa shape index (κ3) is 5.76. The molecule has 0 spiro atoms. The van der Waals surface area contributed by atoms with Crippen LogP contribution in [0.4, 0.5) is 0 Å². The molecule has 0 aromatic rings. The van der Waals surface area contributed by atoms with Crippen LogP contribution in [0.5, 0.6) is 0 Å². The lowest BCUT2D eigenvalue weighted by Gasteiger charge is -2.30. The summed E-state index contributed by atoms with van der Waals surface area (Å²) in [6, 6.07) is 0. The van der Waals surface area contributed by atoms with Gasteiger partial charge < -0.3 is 19.0 Å². The normalized spacial score (nSPS) is 22.4. The van der Waals surface area contributed by atoms with Crippen molar-refractivity contribution in [3.05, 3.63) is 12.7 Å². The second-order valence-corrected chi connectivity index (χ2v) is 5.39. The molecule has 4 heteroatoms. The molecule has 0 N–H and O–H groups in total. The number of rotatable bonds is 8. The number of carbonyl (C=O) groups excluding carboxylic acids is 1. The summed E-state index contributed by atoms with van der Waals surface area (Å²) in [5.74, 6) is 0. The van der Waals surface area contributed by atoms with E-state index in [9.17, 15) is 4.79 Å². The zero-order chi connectivity index (χ0) is 13.4. The van der Waals surface area contributed by atoms with Crippen LogP contribution in [-0.4, -0.2) is 38.5 Å². The Morgan fingerprint density at radius 3 is 2.89 bits per heavy atom. The van der Waals surface area contributed by atoms with Gasteiger partial charge in [0.25, 0.3) is 0 Å². The molecule has 18 heavy (non-hydrogen) atoms. The van der Waals surface area contributed by atoms with Crippen LogP contribution in [0.15, 0.2) is 12.7 Å². The summed E-state index contributed by atoms with van der Waals surface area (Å²) in [4.78, 5) is 11.0. The van der Waals surface area contributed by atoms with E-state index in [0.29, 0.717) is 19.8 Å². The van der Waals surface area contributed by atoms with Crippen LogP contribution < -0.4 is 0 Å². The molecular formula is C14H24O4. The molecule has 1 unspecified atom stereocenters. The molecule has 0 amide bonds. The van der Waals surface area contributed by atoms with Crippen molar-refractivity contribution in [2.45, 2.75) is 45.3 Å². The first kappa shape index (κ1) is 15.3. The molecule has 1 saturated heterocycles. The highest BCUT2D eigenvalue weighted by Gasteiger charge is 2.27. The number of ether oxygens (including phenoxy) is 3. The van der Waals surface area contributed by atoms with Crippen LogP contribution in [0.2, 0.25) is 0 Å². The molecule has 0 bridgehead atoms. The average molecular weight is 256 g/mol. The highest BCUT2D eigenvalue weighted by Crippen LogP contribution is 2.25. The maximum absolute atomic E-state index is 11.0. The van der Waals surface area contributed by atoms with Gasteiger partial charge in [0.2, 0.25) is 0 Å². The van der Waals surface area contributed by atoms with Crippen LogP contribution in [0.3, 0.4) is 0 Å². The van der Waals surface area contributed by atoms with Gasteiger partial charge in [-0.2, -0.15) is 0 Å². The van der Waals surface area contributed by atoms with Crippen LogP contribution in [0, 0.1) is 5.41 Å². The van der Waals surface area contributed by atoms with Gasteiger partial charge in [0.1, 0.15) is 13.1 Å². The van der Waals surface area contributed by atoms with Crippen molar-refractivity contribution < 1.29 is 19.0 Å². The zero-order valence-corrected chi connectivity index (χ0v) is 11.4. The van der Waals surface area contributed by atoms with Crippen molar-refractivity contribution in [1.29, 1.82) is 0 Å². The topological polar surface area (TPSA) is 44.8 Å². The molecule has 1 rings (SSSR count). The maximum atomic E-state index is 11.0. The summed E-state index contributed by atoms with van der Waals surface area (Å²) in [7, 11) is 0. The largest absolute Gasteiger partial charge is 0.374 e.